The van der Waals surface area contributed by atoms with E-state index < -0.39 is 5.92 Å². The van der Waals surface area contributed by atoms with E-state index in [0.29, 0.717) is 24.6 Å². The molecule has 2 fully saturated rings. The molecule has 0 spiro atoms. The van der Waals surface area contributed by atoms with Gasteiger partial charge in [-0.25, -0.2) is 0 Å². The van der Waals surface area contributed by atoms with Crippen LogP contribution in [0.3, 0.4) is 0 Å². The molecule has 2 atom stereocenters. The molecule has 3 aromatic rings. The largest absolute Gasteiger partial charge is 0.312 e. The molecule has 36 heavy (non-hydrogen) atoms. The van der Waals surface area contributed by atoms with Crippen LogP contribution in [0.5, 0.6) is 0 Å². The second-order valence-corrected chi connectivity index (χ2v) is 10.7. The standard InChI is InChI=1S/C27H29N5O3S/c1-15-8-9-21(10-17(15)3)31-14-20(12-23(31)33)26-29-30-27(36-26)28-25(35)19-11-24(34)32(13-19)22-7-5-6-16(2)18(22)4/h5-10,19-20H,11-14H2,1-4H3,(H,28,30,35). The third-order valence-corrected chi connectivity index (χ3v) is 8.31. The maximum atomic E-state index is 13.0. The zero-order chi connectivity index (χ0) is 25.6. The molecule has 1 N–H and O–H groups in total. The quantitative estimate of drug-likeness (QED) is 0.561. The number of rotatable bonds is 5. The van der Waals surface area contributed by atoms with E-state index in [1.54, 1.807) is 9.80 Å². The first kappa shape index (κ1) is 24.1. The lowest BCUT2D eigenvalue weighted by Crippen LogP contribution is -2.28. The number of hydrogen-bond donors (Lipinski definition) is 1. The molecule has 1 aromatic heterocycles. The molecule has 0 radical (unpaired) electrons. The molecule has 9 heteroatoms. The molecule has 2 aliphatic rings. The van der Waals surface area contributed by atoms with Gasteiger partial charge in [0.1, 0.15) is 5.01 Å². The van der Waals surface area contributed by atoms with E-state index in [9.17, 15) is 14.4 Å². The number of aryl methyl sites for hydroxylation is 3. The summed E-state index contributed by atoms with van der Waals surface area (Å²) in [4.78, 5) is 41.8. The van der Waals surface area contributed by atoms with Crippen LogP contribution in [-0.4, -0.2) is 41.0 Å². The fourth-order valence-corrected chi connectivity index (χ4v) is 5.66. The average Bonchev–Trinajstić information content (AvgIpc) is 3.56. The Morgan fingerprint density at radius 2 is 1.69 bits per heavy atom. The van der Waals surface area contributed by atoms with E-state index >= 15 is 0 Å². The highest BCUT2D eigenvalue weighted by atomic mass is 32.1. The number of anilines is 3. The monoisotopic (exact) mass is 503 g/mol. The van der Waals surface area contributed by atoms with Crippen molar-refractivity contribution in [1.82, 2.24) is 10.2 Å². The highest BCUT2D eigenvalue weighted by molar-refractivity contribution is 7.15. The Morgan fingerprint density at radius 3 is 2.47 bits per heavy atom. The smallest absolute Gasteiger partial charge is 0.231 e. The van der Waals surface area contributed by atoms with Crippen LogP contribution < -0.4 is 15.1 Å². The number of hydrogen-bond acceptors (Lipinski definition) is 6. The zero-order valence-electron chi connectivity index (χ0n) is 20.9. The number of nitrogens with zero attached hydrogens (tertiary/aromatic N) is 4. The molecular weight excluding hydrogens is 474 g/mol. The Kier molecular flexibility index (Phi) is 6.34. The predicted octanol–water partition coefficient (Wildman–Crippen LogP) is 4.28. The first-order valence-corrected chi connectivity index (χ1v) is 12.9. The third-order valence-electron chi connectivity index (χ3n) is 7.31. The van der Waals surface area contributed by atoms with Crippen molar-refractivity contribution in [3.05, 3.63) is 63.7 Å². The Labute approximate surface area is 214 Å². The van der Waals surface area contributed by atoms with Crippen LogP contribution >= 0.6 is 11.3 Å². The van der Waals surface area contributed by atoms with Crippen LogP contribution in [0.1, 0.15) is 46.0 Å². The van der Waals surface area contributed by atoms with Gasteiger partial charge in [0.15, 0.2) is 0 Å². The highest BCUT2D eigenvalue weighted by Gasteiger charge is 2.37. The second-order valence-electron chi connectivity index (χ2n) is 9.73. The van der Waals surface area contributed by atoms with Crippen LogP contribution in [0.2, 0.25) is 0 Å². The normalized spacial score (nSPS) is 19.9. The molecule has 2 aliphatic heterocycles. The van der Waals surface area contributed by atoms with Gasteiger partial charge in [0.05, 0.1) is 5.92 Å². The van der Waals surface area contributed by atoms with Gasteiger partial charge in [-0.3, -0.25) is 14.4 Å². The predicted molar refractivity (Wildman–Crippen MR) is 141 cm³/mol. The Hall–Kier alpha value is -3.59. The lowest BCUT2D eigenvalue weighted by molar-refractivity contribution is -0.122. The van der Waals surface area contributed by atoms with Crippen molar-refractivity contribution in [1.29, 1.82) is 0 Å². The number of nitrogens with one attached hydrogen (secondary N) is 1. The lowest BCUT2D eigenvalue weighted by Gasteiger charge is -2.20. The van der Waals surface area contributed by atoms with Crippen molar-refractivity contribution in [2.24, 2.45) is 5.92 Å². The van der Waals surface area contributed by atoms with E-state index in [4.69, 9.17) is 0 Å². The molecule has 186 valence electrons. The molecular formula is C27H29N5O3S. The van der Waals surface area contributed by atoms with E-state index in [2.05, 4.69) is 15.5 Å². The van der Waals surface area contributed by atoms with Crippen molar-refractivity contribution < 1.29 is 14.4 Å². The van der Waals surface area contributed by atoms with E-state index in [1.165, 1.54) is 16.9 Å². The summed E-state index contributed by atoms with van der Waals surface area (Å²) in [5.41, 5.74) is 6.23. The molecule has 2 saturated heterocycles. The Morgan fingerprint density at radius 1 is 0.917 bits per heavy atom. The fraction of sp³-hybridized carbons (Fsp3) is 0.370. The van der Waals surface area contributed by atoms with Crippen LogP contribution in [0.25, 0.3) is 0 Å². The molecule has 2 aromatic carbocycles. The van der Waals surface area contributed by atoms with Gasteiger partial charge < -0.3 is 15.1 Å². The van der Waals surface area contributed by atoms with Crippen molar-refractivity contribution in [2.75, 3.05) is 28.2 Å². The minimum absolute atomic E-state index is 0.0556. The van der Waals surface area contributed by atoms with Crippen molar-refractivity contribution in [2.45, 2.75) is 46.5 Å². The van der Waals surface area contributed by atoms with E-state index in [1.807, 2.05) is 64.1 Å². The average molecular weight is 504 g/mol. The summed E-state index contributed by atoms with van der Waals surface area (Å²) < 4.78 is 0. The maximum absolute atomic E-state index is 13.0. The van der Waals surface area contributed by atoms with Gasteiger partial charge >= 0.3 is 0 Å². The van der Waals surface area contributed by atoms with Gasteiger partial charge in [-0.05, 0) is 68.1 Å². The summed E-state index contributed by atoms with van der Waals surface area (Å²) >= 11 is 1.29. The summed E-state index contributed by atoms with van der Waals surface area (Å²) in [6.07, 6.45) is 0.518. The van der Waals surface area contributed by atoms with Gasteiger partial charge in [-0.2, -0.15) is 0 Å². The summed E-state index contributed by atoms with van der Waals surface area (Å²) in [6.45, 7) is 8.95. The Bertz CT molecular complexity index is 1370. The first-order valence-electron chi connectivity index (χ1n) is 12.1. The minimum atomic E-state index is -0.460. The van der Waals surface area contributed by atoms with Crippen LogP contribution in [0, 0.1) is 33.6 Å². The number of benzene rings is 2. The molecule has 3 amide bonds. The molecule has 5 rings (SSSR count). The van der Waals surface area contributed by atoms with Gasteiger partial charge in [-0.15, -0.1) is 10.2 Å². The second kappa shape index (κ2) is 9.46. The minimum Gasteiger partial charge on any atom is -0.312 e. The number of carbonyl (C=O) groups is 3. The third kappa shape index (κ3) is 4.51. The number of amides is 3. The maximum Gasteiger partial charge on any atom is 0.231 e. The molecule has 0 bridgehead atoms. The molecule has 0 aliphatic carbocycles. The lowest BCUT2D eigenvalue weighted by atomic mass is 10.1. The van der Waals surface area contributed by atoms with E-state index in [-0.39, 0.29) is 30.1 Å². The molecule has 3 heterocycles. The molecule has 8 nitrogen and oxygen atoms in total. The van der Waals surface area contributed by atoms with Gasteiger partial charge in [0.25, 0.3) is 0 Å². The van der Waals surface area contributed by atoms with Crippen LogP contribution in [-0.2, 0) is 14.4 Å². The van der Waals surface area contributed by atoms with Gasteiger partial charge in [0, 0.05) is 43.2 Å². The van der Waals surface area contributed by atoms with Crippen molar-refractivity contribution in [3.8, 4) is 0 Å². The number of aromatic nitrogens is 2. The summed E-state index contributed by atoms with van der Waals surface area (Å²) in [6, 6.07) is 11.9. The summed E-state index contributed by atoms with van der Waals surface area (Å²) in [5.74, 6) is -0.774. The number of carbonyl (C=O) groups excluding carboxylic acids is 3. The zero-order valence-corrected chi connectivity index (χ0v) is 21.7. The molecule has 0 saturated carbocycles. The SMILES string of the molecule is Cc1ccc(N2CC(c3nnc(NC(=O)C4CC(=O)N(c5cccc(C)c5C)C4)s3)CC2=O)cc1C. The van der Waals surface area contributed by atoms with Gasteiger partial charge in [-0.1, -0.05) is 29.5 Å². The Balaban J connectivity index is 1.23. The fourth-order valence-electron chi connectivity index (χ4n) is 4.82. The van der Waals surface area contributed by atoms with Crippen molar-refractivity contribution >= 4 is 45.6 Å². The summed E-state index contributed by atoms with van der Waals surface area (Å²) in [7, 11) is 0. The highest BCUT2D eigenvalue weighted by Crippen LogP contribution is 2.35. The topological polar surface area (TPSA) is 95.5 Å². The van der Waals surface area contributed by atoms with Crippen molar-refractivity contribution in [3.63, 3.8) is 0 Å². The van der Waals surface area contributed by atoms with E-state index in [0.717, 1.165) is 33.1 Å². The van der Waals surface area contributed by atoms with Gasteiger partial charge in [0.2, 0.25) is 22.9 Å². The first-order chi connectivity index (χ1) is 17.2. The summed E-state index contributed by atoms with van der Waals surface area (Å²) in [5, 5.41) is 12.4. The van der Waals surface area contributed by atoms with Crippen LogP contribution in [0.15, 0.2) is 36.4 Å². The molecule has 2 unspecified atom stereocenters. The van der Waals surface area contributed by atoms with Crippen LogP contribution in [0.4, 0.5) is 16.5 Å².